The molecule has 332 valence electrons. The molecule has 0 fully saturated rings. The smallest absolute Gasteiger partial charge is 0.104 e. The van der Waals surface area contributed by atoms with Gasteiger partial charge in [0.2, 0.25) is 0 Å². The lowest BCUT2D eigenvalue weighted by atomic mass is 9.89. The van der Waals surface area contributed by atoms with Crippen LogP contribution >= 0.6 is 0 Å². The Bertz CT molecular complexity index is 4050. The van der Waals surface area contributed by atoms with Crippen molar-refractivity contribution < 1.29 is 0 Å². The van der Waals surface area contributed by atoms with Gasteiger partial charge in [0.15, 0.2) is 0 Å². The van der Waals surface area contributed by atoms with Crippen molar-refractivity contribution in [1.29, 1.82) is 0 Å². The highest BCUT2D eigenvalue weighted by Gasteiger charge is 2.30. The molecule has 70 heavy (non-hydrogen) atoms. The van der Waals surface area contributed by atoms with E-state index in [-0.39, 0.29) is 12.2 Å². The molecule has 2 N–H and O–H groups in total. The van der Waals surface area contributed by atoms with E-state index in [1.54, 1.807) is 0 Å². The van der Waals surface area contributed by atoms with Gasteiger partial charge in [-0.05, 0) is 135 Å². The van der Waals surface area contributed by atoms with Gasteiger partial charge in [0.05, 0.1) is 28.1 Å². The molecule has 12 aromatic rings. The van der Waals surface area contributed by atoms with Gasteiger partial charge >= 0.3 is 0 Å². The fourth-order valence-corrected chi connectivity index (χ4v) is 11.5. The Morgan fingerprint density at radius 2 is 0.957 bits per heavy atom. The van der Waals surface area contributed by atoms with Crippen molar-refractivity contribution in [3.05, 3.63) is 271 Å². The highest BCUT2D eigenvalue weighted by molar-refractivity contribution is 6.13. The first kappa shape index (κ1) is 40.4. The second-order valence-electron chi connectivity index (χ2n) is 18.9. The van der Waals surface area contributed by atoms with Gasteiger partial charge in [0.25, 0.3) is 0 Å². The number of fused-ring (bicyclic) bond motifs is 9. The van der Waals surface area contributed by atoms with Crippen LogP contribution in [0, 0.1) is 0 Å². The topological polar surface area (TPSA) is 33.9 Å². The minimum Gasteiger partial charge on any atom is -0.366 e. The molecule has 0 spiro atoms. The molecule has 0 radical (unpaired) electrons. The molecule has 4 nitrogen and oxygen atoms in total. The summed E-state index contributed by atoms with van der Waals surface area (Å²) in [6.07, 6.45) is 9.86. The van der Waals surface area contributed by atoms with Gasteiger partial charge in [-0.3, -0.25) is 5.32 Å². The number of hydrogen-bond donors (Lipinski definition) is 2. The van der Waals surface area contributed by atoms with Gasteiger partial charge in [0, 0.05) is 50.1 Å². The quantitative estimate of drug-likeness (QED) is 0.167. The Morgan fingerprint density at radius 1 is 0.386 bits per heavy atom. The van der Waals surface area contributed by atoms with Crippen LogP contribution in [0.15, 0.2) is 249 Å². The van der Waals surface area contributed by atoms with Crippen LogP contribution in [0.5, 0.6) is 0 Å². The van der Waals surface area contributed by atoms with Gasteiger partial charge in [-0.15, -0.1) is 0 Å². The van der Waals surface area contributed by atoms with Crippen LogP contribution in [-0.4, -0.2) is 9.13 Å². The van der Waals surface area contributed by atoms with Crippen molar-refractivity contribution in [2.45, 2.75) is 24.5 Å². The Kier molecular flexibility index (Phi) is 9.53. The van der Waals surface area contributed by atoms with Crippen molar-refractivity contribution >= 4 is 60.1 Å². The van der Waals surface area contributed by atoms with Crippen molar-refractivity contribution in [2.24, 2.45) is 0 Å². The molecule has 2 aliphatic rings. The van der Waals surface area contributed by atoms with Crippen LogP contribution in [0.3, 0.4) is 0 Å². The first-order valence-corrected chi connectivity index (χ1v) is 24.5. The summed E-state index contributed by atoms with van der Waals surface area (Å²) >= 11 is 0. The highest BCUT2D eigenvalue weighted by Crippen LogP contribution is 2.44. The molecular formula is C66H48N4. The molecular weight excluding hydrogens is 849 g/mol. The summed E-state index contributed by atoms with van der Waals surface area (Å²) in [5.74, 6) is 0.338. The molecule has 4 heteroatoms. The fourth-order valence-electron chi connectivity index (χ4n) is 11.5. The molecule has 1 aliphatic carbocycles. The van der Waals surface area contributed by atoms with Crippen molar-refractivity contribution in [1.82, 2.24) is 14.5 Å². The summed E-state index contributed by atoms with van der Waals surface area (Å²) in [5, 5.41) is 15.5. The summed E-state index contributed by atoms with van der Waals surface area (Å²) in [5.41, 5.74) is 18.1. The standard InChI is InChI=1S/C66H48N4/c1-5-16-43(17-6-1)47-29-34-60-55(39-47)57-41-49(31-36-61(57)69(60)52-24-11-4-12-25-52)50-32-37-63-58(42-50)56-40-48(44-18-7-2-8-19-44)30-35-62(56)70(63)53-26-15-23-51(38-53)66-67-59-33-28-45-20-13-14-27-54(45)64(59)65(68-66)46-21-9-3-10-22-46/h1-18,20-42,44,65-68H,19H2. The average Bonchev–Trinajstić information content (AvgIpc) is 3.95. The molecule has 0 saturated heterocycles. The monoisotopic (exact) mass is 896 g/mol. The largest absolute Gasteiger partial charge is 0.366 e. The maximum atomic E-state index is 4.06. The lowest BCUT2D eigenvalue weighted by molar-refractivity contribution is 0.509. The van der Waals surface area contributed by atoms with E-state index in [4.69, 9.17) is 0 Å². The number of aromatic nitrogens is 2. The molecule has 0 saturated carbocycles. The second-order valence-corrected chi connectivity index (χ2v) is 18.9. The van der Waals surface area contributed by atoms with E-state index in [2.05, 4.69) is 269 Å². The van der Waals surface area contributed by atoms with Crippen LogP contribution in [0.4, 0.5) is 5.69 Å². The van der Waals surface area contributed by atoms with Crippen molar-refractivity contribution in [2.75, 3.05) is 5.32 Å². The zero-order valence-corrected chi connectivity index (χ0v) is 38.5. The van der Waals surface area contributed by atoms with E-state index in [0.29, 0.717) is 5.92 Å². The predicted octanol–water partition coefficient (Wildman–Crippen LogP) is 16.8. The summed E-state index contributed by atoms with van der Waals surface area (Å²) < 4.78 is 4.88. The highest BCUT2D eigenvalue weighted by atomic mass is 15.2. The zero-order chi connectivity index (χ0) is 46.1. The summed E-state index contributed by atoms with van der Waals surface area (Å²) in [7, 11) is 0. The Hall–Kier alpha value is -8.70. The first-order valence-electron chi connectivity index (χ1n) is 24.5. The van der Waals surface area contributed by atoms with Crippen LogP contribution in [0.25, 0.3) is 88.0 Å². The summed E-state index contributed by atoms with van der Waals surface area (Å²) in [6.45, 7) is 0. The van der Waals surface area contributed by atoms with Gasteiger partial charge < -0.3 is 14.5 Å². The van der Waals surface area contributed by atoms with Crippen LogP contribution < -0.4 is 10.6 Å². The number of para-hydroxylation sites is 1. The number of allylic oxidation sites excluding steroid dienone is 4. The lowest BCUT2D eigenvalue weighted by Gasteiger charge is -2.36. The molecule has 3 heterocycles. The molecule has 0 bridgehead atoms. The van der Waals surface area contributed by atoms with E-state index >= 15 is 0 Å². The van der Waals surface area contributed by atoms with Gasteiger partial charge in [-0.1, -0.05) is 170 Å². The lowest BCUT2D eigenvalue weighted by Crippen LogP contribution is -2.37. The number of hydrogen-bond acceptors (Lipinski definition) is 2. The third-order valence-electron chi connectivity index (χ3n) is 14.9. The Labute approximate surface area is 407 Å². The average molecular weight is 897 g/mol. The number of nitrogens with zero attached hydrogens (tertiary/aromatic N) is 2. The molecule has 1 aliphatic heterocycles. The third kappa shape index (κ3) is 6.71. The molecule has 2 aromatic heterocycles. The SMILES string of the molecule is C1=CCC(c2ccc3c(c2)c2cc(-c4ccc5c(c4)c4cc(-c6ccccc6)ccc4n5-c4ccccc4)ccc2n3-c2cccc(C3Nc4ccc5ccccc5c4C(c4ccccc4)N3)c2)C=C1. The zero-order valence-electron chi connectivity index (χ0n) is 38.5. The van der Waals surface area contributed by atoms with Crippen LogP contribution in [-0.2, 0) is 0 Å². The molecule has 0 amide bonds. The van der Waals surface area contributed by atoms with E-state index in [0.717, 1.165) is 23.5 Å². The number of benzene rings is 10. The Morgan fingerprint density at radius 3 is 1.64 bits per heavy atom. The Balaban J connectivity index is 0.915. The number of nitrogens with one attached hydrogen (secondary N) is 2. The summed E-state index contributed by atoms with van der Waals surface area (Å²) in [6, 6.07) is 82.8. The van der Waals surface area contributed by atoms with E-state index < -0.39 is 0 Å². The van der Waals surface area contributed by atoms with Crippen molar-refractivity contribution in [3.8, 4) is 33.6 Å². The maximum Gasteiger partial charge on any atom is 0.104 e. The third-order valence-corrected chi connectivity index (χ3v) is 14.9. The normalized spacial score (nSPS) is 16.6. The van der Waals surface area contributed by atoms with Gasteiger partial charge in [-0.25, -0.2) is 0 Å². The van der Waals surface area contributed by atoms with Crippen LogP contribution in [0.2, 0.25) is 0 Å². The van der Waals surface area contributed by atoms with Crippen LogP contribution in [0.1, 0.15) is 46.8 Å². The minimum absolute atomic E-state index is 0.00555. The molecule has 3 atom stereocenters. The minimum atomic E-state index is -0.122. The number of anilines is 1. The van der Waals surface area contributed by atoms with E-state index in [9.17, 15) is 0 Å². The maximum absolute atomic E-state index is 4.06. The number of rotatable bonds is 7. The van der Waals surface area contributed by atoms with Gasteiger partial charge in [0.1, 0.15) is 6.17 Å². The molecule has 3 unspecified atom stereocenters. The van der Waals surface area contributed by atoms with E-state index in [1.165, 1.54) is 98.9 Å². The fraction of sp³-hybridized carbons (Fsp3) is 0.0606. The van der Waals surface area contributed by atoms with Crippen molar-refractivity contribution in [3.63, 3.8) is 0 Å². The second kappa shape index (κ2) is 16.5. The molecule has 14 rings (SSSR count). The predicted molar refractivity (Wildman–Crippen MR) is 293 cm³/mol. The molecule has 10 aromatic carbocycles. The van der Waals surface area contributed by atoms with Gasteiger partial charge in [-0.2, -0.15) is 0 Å². The first-order chi connectivity index (χ1) is 34.7. The van der Waals surface area contributed by atoms with E-state index in [1.807, 2.05) is 0 Å². The summed E-state index contributed by atoms with van der Waals surface area (Å²) in [4.78, 5) is 0.